The monoisotopic (exact) mass is 471 g/mol. The van der Waals surface area contributed by atoms with E-state index in [1.54, 1.807) is 25.3 Å². The molecule has 180 valence electrons. The lowest BCUT2D eigenvalue weighted by Crippen LogP contribution is -2.26. The molecule has 1 heterocycles. The van der Waals surface area contributed by atoms with Crippen molar-refractivity contribution in [2.24, 2.45) is 5.10 Å². The van der Waals surface area contributed by atoms with E-state index in [9.17, 15) is 9.59 Å². The molecule has 1 amide bonds. The molecule has 4 rings (SSSR count). The summed E-state index contributed by atoms with van der Waals surface area (Å²) in [7, 11) is 0. The summed E-state index contributed by atoms with van der Waals surface area (Å²) >= 11 is 0. The topological polar surface area (TPSA) is 89.0 Å². The van der Waals surface area contributed by atoms with Gasteiger partial charge in [-0.15, -0.1) is 0 Å². The number of carbonyl (C=O) groups excluding carboxylic acids is 2. The van der Waals surface area contributed by atoms with E-state index in [0.717, 1.165) is 35.3 Å². The summed E-state index contributed by atoms with van der Waals surface area (Å²) in [6, 6.07) is 22.9. The van der Waals surface area contributed by atoms with Gasteiger partial charge in [-0.3, -0.25) is 9.59 Å². The fraction of sp³-hybridized carbons (Fsp3) is 0.250. The first-order chi connectivity index (χ1) is 17.1. The van der Waals surface area contributed by atoms with E-state index in [1.165, 1.54) is 0 Å². The minimum Gasteiger partial charge on any atom is -0.490 e. The number of carbonyl (C=O) groups is 2. The van der Waals surface area contributed by atoms with Gasteiger partial charge in [-0.2, -0.15) is 5.10 Å². The zero-order valence-corrected chi connectivity index (χ0v) is 19.7. The second-order valence-electron chi connectivity index (χ2n) is 8.27. The highest BCUT2D eigenvalue weighted by Gasteiger charge is 2.23. The van der Waals surface area contributed by atoms with E-state index in [2.05, 4.69) is 15.8 Å². The Balaban J connectivity index is 1.29. The molecule has 0 saturated heterocycles. The number of hydrogen-bond donors (Lipinski definition) is 2. The maximum Gasteiger partial charge on any atom is 0.309 e. The van der Waals surface area contributed by atoms with E-state index < -0.39 is 0 Å². The van der Waals surface area contributed by atoms with Gasteiger partial charge in [0.15, 0.2) is 0 Å². The number of nitrogens with one attached hydrogen (secondary N) is 2. The molecule has 7 nitrogen and oxygen atoms in total. The van der Waals surface area contributed by atoms with Crippen molar-refractivity contribution in [1.82, 2.24) is 5.43 Å². The van der Waals surface area contributed by atoms with Crippen molar-refractivity contribution in [3.63, 3.8) is 0 Å². The minimum absolute atomic E-state index is 0.183. The molecule has 0 radical (unpaired) electrons. The lowest BCUT2D eigenvalue weighted by molar-refractivity contribution is -0.145. The number of aryl methyl sites for hydroxylation is 1. The molecule has 1 aliphatic heterocycles. The summed E-state index contributed by atoms with van der Waals surface area (Å²) < 4.78 is 11.0. The van der Waals surface area contributed by atoms with Gasteiger partial charge in [-0.1, -0.05) is 42.5 Å². The van der Waals surface area contributed by atoms with Crippen LogP contribution in [0.4, 0.5) is 5.69 Å². The number of amides is 1. The van der Waals surface area contributed by atoms with Gasteiger partial charge in [0.2, 0.25) is 0 Å². The van der Waals surface area contributed by atoms with Gasteiger partial charge in [0.25, 0.3) is 5.91 Å². The first-order valence-electron chi connectivity index (χ1n) is 11.8. The maximum absolute atomic E-state index is 12.7. The smallest absolute Gasteiger partial charge is 0.309 e. The van der Waals surface area contributed by atoms with Crippen molar-refractivity contribution in [3.05, 3.63) is 95.1 Å². The predicted octanol–water partition coefficient (Wildman–Crippen LogP) is 4.71. The molecule has 2 N–H and O–H groups in total. The zero-order chi connectivity index (χ0) is 24.5. The first-order valence-corrected chi connectivity index (χ1v) is 11.8. The van der Waals surface area contributed by atoms with Gasteiger partial charge >= 0.3 is 5.97 Å². The minimum atomic E-state index is -0.245. The molecule has 0 fully saturated rings. The van der Waals surface area contributed by atoms with E-state index >= 15 is 0 Å². The maximum atomic E-state index is 12.7. The van der Waals surface area contributed by atoms with Crippen LogP contribution in [0.25, 0.3) is 0 Å². The van der Waals surface area contributed by atoms with Crippen molar-refractivity contribution >= 4 is 23.8 Å². The molecule has 1 unspecified atom stereocenters. The SMILES string of the molecule is CCOC(=O)CC1CCc2cc(NC(=O)c3ccc(C=NNCc4ccccc4)cc3)ccc2O1. The third-order valence-corrected chi connectivity index (χ3v) is 5.65. The van der Waals surface area contributed by atoms with Crippen LogP contribution in [-0.4, -0.2) is 30.8 Å². The molecule has 0 saturated carbocycles. The van der Waals surface area contributed by atoms with Gasteiger partial charge in [0.05, 0.1) is 25.8 Å². The Kier molecular flexibility index (Phi) is 8.12. The van der Waals surface area contributed by atoms with Crippen LogP contribution in [0.2, 0.25) is 0 Å². The van der Waals surface area contributed by atoms with E-state index in [0.29, 0.717) is 24.4 Å². The average Bonchev–Trinajstić information content (AvgIpc) is 2.88. The number of ether oxygens (including phenoxy) is 2. The van der Waals surface area contributed by atoms with Crippen LogP contribution in [0.1, 0.15) is 46.8 Å². The van der Waals surface area contributed by atoms with Gasteiger partial charge in [0, 0.05) is 11.3 Å². The Labute approximate surface area is 205 Å². The van der Waals surface area contributed by atoms with E-state index in [1.807, 2.05) is 60.7 Å². The van der Waals surface area contributed by atoms with Crippen LogP contribution in [0.15, 0.2) is 77.9 Å². The molecular formula is C28H29N3O4. The van der Waals surface area contributed by atoms with Gasteiger partial charge in [0.1, 0.15) is 11.9 Å². The second kappa shape index (κ2) is 11.8. The molecule has 0 bridgehead atoms. The summed E-state index contributed by atoms with van der Waals surface area (Å²) in [5.41, 5.74) is 7.34. The summed E-state index contributed by atoms with van der Waals surface area (Å²) in [5.74, 6) is 0.311. The number of nitrogens with zero attached hydrogens (tertiary/aromatic N) is 1. The Hall–Kier alpha value is -4.13. The fourth-order valence-electron chi connectivity index (χ4n) is 3.85. The van der Waals surface area contributed by atoms with Crippen LogP contribution < -0.4 is 15.5 Å². The molecule has 1 aliphatic rings. The highest BCUT2D eigenvalue weighted by molar-refractivity contribution is 6.04. The summed E-state index contributed by atoms with van der Waals surface area (Å²) in [5, 5.41) is 7.18. The van der Waals surface area contributed by atoms with Crippen molar-refractivity contribution in [2.45, 2.75) is 38.8 Å². The second-order valence-corrected chi connectivity index (χ2v) is 8.27. The van der Waals surface area contributed by atoms with Gasteiger partial charge < -0.3 is 20.2 Å². The van der Waals surface area contributed by atoms with Crippen molar-refractivity contribution in [1.29, 1.82) is 0 Å². The molecule has 3 aromatic rings. The lowest BCUT2D eigenvalue weighted by atomic mass is 10.00. The Morgan fingerprint density at radius 3 is 2.66 bits per heavy atom. The van der Waals surface area contributed by atoms with Crippen LogP contribution in [0.3, 0.4) is 0 Å². The number of hydrazone groups is 1. The Morgan fingerprint density at radius 1 is 1.09 bits per heavy atom. The molecule has 35 heavy (non-hydrogen) atoms. The molecule has 0 aliphatic carbocycles. The first kappa shape index (κ1) is 24.0. The van der Waals surface area contributed by atoms with Gasteiger partial charge in [-0.05, 0) is 66.8 Å². The zero-order valence-electron chi connectivity index (χ0n) is 19.7. The normalized spacial score (nSPS) is 14.6. The highest BCUT2D eigenvalue weighted by Crippen LogP contribution is 2.31. The molecule has 1 atom stereocenters. The predicted molar refractivity (Wildman–Crippen MR) is 136 cm³/mol. The molecule has 3 aromatic carbocycles. The number of anilines is 1. The van der Waals surface area contributed by atoms with Crippen LogP contribution in [0, 0.1) is 0 Å². The molecule has 0 spiro atoms. The van der Waals surface area contributed by atoms with E-state index in [4.69, 9.17) is 9.47 Å². The number of rotatable bonds is 9. The highest BCUT2D eigenvalue weighted by atomic mass is 16.5. The van der Waals surface area contributed by atoms with Crippen molar-refractivity contribution < 1.29 is 19.1 Å². The van der Waals surface area contributed by atoms with Crippen molar-refractivity contribution in [2.75, 3.05) is 11.9 Å². The standard InChI is InChI=1S/C28H29N3O4/c1-2-34-27(32)17-25-14-12-23-16-24(13-15-26(23)35-25)31-28(33)22-10-8-21(9-11-22)19-30-29-18-20-6-4-3-5-7-20/h3-11,13,15-16,19,25,29H,2,12,14,17-18H2,1H3,(H,31,33). The van der Waals surface area contributed by atoms with Crippen LogP contribution in [-0.2, 0) is 22.5 Å². The fourth-order valence-corrected chi connectivity index (χ4v) is 3.85. The number of esters is 1. The number of fused-ring (bicyclic) bond motifs is 1. The quantitative estimate of drug-likeness (QED) is 0.268. The van der Waals surface area contributed by atoms with E-state index in [-0.39, 0.29) is 24.4 Å². The van der Waals surface area contributed by atoms with Crippen LogP contribution in [0.5, 0.6) is 5.75 Å². The van der Waals surface area contributed by atoms with Crippen molar-refractivity contribution in [3.8, 4) is 5.75 Å². The Morgan fingerprint density at radius 2 is 1.89 bits per heavy atom. The summed E-state index contributed by atoms with van der Waals surface area (Å²) in [6.45, 7) is 2.81. The number of hydrogen-bond acceptors (Lipinski definition) is 6. The number of benzene rings is 3. The third kappa shape index (κ3) is 6.93. The third-order valence-electron chi connectivity index (χ3n) is 5.65. The lowest BCUT2D eigenvalue weighted by Gasteiger charge is -2.26. The average molecular weight is 472 g/mol. The molecule has 7 heteroatoms. The Bertz CT molecular complexity index is 1180. The molecular weight excluding hydrogens is 442 g/mol. The molecule has 0 aromatic heterocycles. The van der Waals surface area contributed by atoms with Crippen LogP contribution >= 0.6 is 0 Å². The largest absolute Gasteiger partial charge is 0.490 e. The summed E-state index contributed by atoms with van der Waals surface area (Å²) in [4.78, 5) is 24.4. The van der Waals surface area contributed by atoms with Gasteiger partial charge in [-0.25, -0.2) is 0 Å². The summed E-state index contributed by atoms with van der Waals surface area (Å²) in [6.07, 6.45) is 3.29.